The van der Waals surface area contributed by atoms with E-state index in [1.54, 1.807) is 12.3 Å². The highest BCUT2D eigenvalue weighted by Gasteiger charge is 2.34. The number of carbonyl (C=O) groups excluding carboxylic acids is 2. The lowest BCUT2D eigenvalue weighted by atomic mass is 9.92. The molecule has 0 unspecified atom stereocenters. The summed E-state index contributed by atoms with van der Waals surface area (Å²) in [5.41, 5.74) is 1.27. The molecule has 2 amide bonds. The van der Waals surface area contributed by atoms with E-state index in [0.29, 0.717) is 10.8 Å². The number of carbonyl (C=O) groups is 2. The molecule has 0 bridgehead atoms. The average molecular weight is 423 g/mol. The molecule has 1 aromatic carbocycles. The van der Waals surface area contributed by atoms with Crippen LogP contribution in [0, 0.1) is 6.92 Å². The predicted octanol–water partition coefficient (Wildman–Crippen LogP) is 2.63. The van der Waals surface area contributed by atoms with E-state index in [1.807, 2.05) is 19.1 Å². The van der Waals surface area contributed by atoms with Crippen LogP contribution in [0.2, 0.25) is 0 Å². The molecule has 1 aromatic heterocycles. The van der Waals surface area contributed by atoms with Gasteiger partial charge in [-0.05, 0) is 36.9 Å². The molecule has 2 aromatic rings. The molecule has 7 nitrogen and oxygen atoms in total. The molecule has 1 aliphatic rings. The standard InChI is InChI=1S/C16H15BrN4O3S/c1-7-5-8(17)3-4-10(7)18-14(23)9-6-11(22)19-13-12(9)15(24)21-16(20-13)25-2/h3-5,9H,6H2,1-2H3,(H,18,23)(H2,19,20,21,22,24)/t9-/m0/s1. The maximum atomic E-state index is 12.7. The van der Waals surface area contributed by atoms with Gasteiger partial charge in [0.25, 0.3) is 5.56 Å². The summed E-state index contributed by atoms with van der Waals surface area (Å²) in [5, 5.41) is 5.76. The van der Waals surface area contributed by atoms with Crippen molar-refractivity contribution >= 4 is 51.0 Å². The second-order valence-corrected chi connectivity index (χ2v) is 7.30. The summed E-state index contributed by atoms with van der Waals surface area (Å²) in [4.78, 5) is 43.9. The third kappa shape index (κ3) is 3.62. The third-order valence-corrected chi connectivity index (χ3v) is 4.96. The number of nitrogens with zero attached hydrogens (tertiary/aromatic N) is 1. The fourth-order valence-corrected chi connectivity index (χ4v) is 3.51. The van der Waals surface area contributed by atoms with Gasteiger partial charge in [-0.15, -0.1) is 0 Å². The van der Waals surface area contributed by atoms with Gasteiger partial charge in [0.1, 0.15) is 5.82 Å². The SMILES string of the molecule is CSc1nc2c(c(=O)[nH]1)[C@@H](C(=O)Nc1ccc(Br)cc1C)CC(=O)N2. The number of hydrogen-bond donors (Lipinski definition) is 3. The van der Waals surface area contributed by atoms with Gasteiger partial charge in [-0.3, -0.25) is 14.4 Å². The van der Waals surface area contributed by atoms with E-state index < -0.39 is 17.4 Å². The van der Waals surface area contributed by atoms with Crippen LogP contribution in [0.3, 0.4) is 0 Å². The van der Waals surface area contributed by atoms with Crippen molar-refractivity contribution in [2.45, 2.75) is 24.4 Å². The van der Waals surface area contributed by atoms with Crippen molar-refractivity contribution in [3.05, 3.63) is 44.2 Å². The van der Waals surface area contributed by atoms with Crippen LogP contribution in [0.15, 0.2) is 32.6 Å². The van der Waals surface area contributed by atoms with E-state index in [0.717, 1.165) is 10.0 Å². The summed E-state index contributed by atoms with van der Waals surface area (Å²) in [6.07, 6.45) is 1.66. The summed E-state index contributed by atoms with van der Waals surface area (Å²) >= 11 is 4.62. The van der Waals surface area contributed by atoms with Gasteiger partial charge in [-0.1, -0.05) is 27.7 Å². The molecule has 0 fully saturated rings. The van der Waals surface area contributed by atoms with E-state index in [2.05, 4.69) is 36.5 Å². The highest BCUT2D eigenvalue weighted by Crippen LogP contribution is 2.30. The van der Waals surface area contributed by atoms with Gasteiger partial charge in [0.2, 0.25) is 11.8 Å². The largest absolute Gasteiger partial charge is 0.325 e. The third-order valence-electron chi connectivity index (χ3n) is 3.89. The number of anilines is 2. The molecule has 1 aliphatic heterocycles. The summed E-state index contributed by atoms with van der Waals surface area (Å²) in [6.45, 7) is 1.86. The molecule has 0 saturated heterocycles. The molecule has 0 radical (unpaired) electrons. The first kappa shape index (κ1) is 17.7. The zero-order valence-electron chi connectivity index (χ0n) is 13.5. The molecule has 1 atom stereocenters. The lowest BCUT2D eigenvalue weighted by molar-refractivity contribution is -0.123. The average Bonchev–Trinajstić information content (AvgIpc) is 2.55. The first-order chi connectivity index (χ1) is 11.9. The number of rotatable bonds is 3. The normalized spacial score (nSPS) is 16.1. The monoisotopic (exact) mass is 422 g/mol. The molecule has 0 saturated carbocycles. The van der Waals surface area contributed by atoms with Crippen molar-refractivity contribution in [3.8, 4) is 0 Å². The quantitative estimate of drug-likeness (QED) is 0.520. The van der Waals surface area contributed by atoms with Crippen molar-refractivity contribution in [2.75, 3.05) is 16.9 Å². The maximum absolute atomic E-state index is 12.7. The van der Waals surface area contributed by atoms with Crippen molar-refractivity contribution in [2.24, 2.45) is 0 Å². The summed E-state index contributed by atoms with van der Waals surface area (Å²) in [6, 6.07) is 5.44. The Balaban J connectivity index is 1.96. The number of aromatic amines is 1. The number of aryl methyl sites for hydroxylation is 1. The molecule has 3 rings (SSSR count). The first-order valence-corrected chi connectivity index (χ1v) is 9.46. The summed E-state index contributed by atoms with van der Waals surface area (Å²) < 4.78 is 0.899. The van der Waals surface area contributed by atoms with Gasteiger partial charge in [0, 0.05) is 16.6 Å². The molecular weight excluding hydrogens is 408 g/mol. The Labute approximate surface area is 156 Å². The Kier molecular flexibility index (Phi) is 4.96. The van der Waals surface area contributed by atoms with Crippen LogP contribution in [-0.2, 0) is 9.59 Å². The molecule has 9 heteroatoms. The van der Waals surface area contributed by atoms with Crippen molar-refractivity contribution in [3.63, 3.8) is 0 Å². The van der Waals surface area contributed by atoms with Gasteiger partial charge >= 0.3 is 0 Å². The fraction of sp³-hybridized carbons (Fsp3) is 0.250. The van der Waals surface area contributed by atoms with Gasteiger partial charge in [0.05, 0.1) is 11.5 Å². The van der Waals surface area contributed by atoms with E-state index in [-0.39, 0.29) is 23.7 Å². The number of halogens is 1. The number of H-pyrrole nitrogens is 1. The molecule has 0 aliphatic carbocycles. The number of thioether (sulfide) groups is 1. The molecule has 2 heterocycles. The molecule has 130 valence electrons. The molecule has 3 N–H and O–H groups in total. The number of fused-ring (bicyclic) bond motifs is 1. The molecule has 0 spiro atoms. The highest BCUT2D eigenvalue weighted by atomic mass is 79.9. The Bertz CT molecular complexity index is 928. The minimum Gasteiger partial charge on any atom is -0.325 e. The van der Waals surface area contributed by atoms with E-state index in [9.17, 15) is 14.4 Å². The smallest absolute Gasteiger partial charge is 0.257 e. The number of benzene rings is 1. The summed E-state index contributed by atoms with van der Waals surface area (Å²) in [5.74, 6) is -1.49. The number of nitrogens with one attached hydrogen (secondary N) is 3. The van der Waals surface area contributed by atoms with Gasteiger partial charge in [-0.25, -0.2) is 4.98 Å². The summed E-state index contributed by atoms with van der Waals surface area (Å²) in [7, 11) is 0. The van der Waals surface area contributed by atoms with Crippen molar-refractivity contribution < 1.29 is 9.59 Å². The van der Waals surface area contributed by atoms with Crippen molar-refractivity contribution in [1.29, 1.82) is 0 Å². The Hall–Kier alpha value is -2.13. The van der Waals surface area contributed by atoms with Crippen molar-refractivity contribution in [1.82, 2.24) is 9.97 Å². The van der Waals surface area contributed by atoms with Crippen LogP contribution in [0.4, 0.5) is 11.5 Å². The van der Waals surface area contributed by atoms with Gasteiger partial charge < -0.3 is 15.6 Å². The lowest BCUT2D eigenvalue weighted by Gasteiger charge is -2.23. The number of hydrogen-bond acceptors (Lipinski definition) is 5. The van der Waals surface area contributed by atoms with Gasteiger partial charge in [0.15, 0.2) is 5.16 Å². The zero-order chi connectivity index (χ0) is 18.1. The van der Waals surface area contributed by atoms with E-state index >= 15 is 0 Å². The Morgan fingerprint density at radius 1 is 1.40 bits per heavy atom. The molecule has 25 heavy (non-hydrogen) atoms. The van der Waals surface area contributed by atoms with Crippen LogP contribution >= 0.6 is 27.7 Å². The van der Waals surface area contributed by atoms with Gasteiger partial charge in [-0.2, -0.15) is 0 Å². The van der Waals surface area contributed by atoms with Crippen LogP contribution in [0.5, 0.6) is 0 Å². The van der Waals surface area contributed by atoms with Crippen LogP contribution in [0.1, 0.15) is 23.5 Å². The predicted molar refractivity (Wildman–Crippen MR) is 100 cm³/mol. The molecular formula is C16H15BrN4O3S. The number of aromatic nitrogens is 2. The zero-order valence-corrected chi connectivity index (χ0v) is 15.9. The minimum atomic E-state index is -0.890. The second-order valence-electron chi connectivity index (χ2n) is 5.59. The highest BCUT2D eigenvalue weighted by molar-refractivity contribution is 9.10. The first-order valence-electron chi connectivity index (χ1n) is 7.44. The maximum Gasteiger partial charge on any atom is 0.257 e. The topological polar surface area (TPSA) is 104 Å². The van der Waals surface area contributed by atoms with E-state index in [1.165, 1.54) is 11.8 Å². The lowest BCUT2D eigenvalue weighted by Crippen LogP contribution is -2.36. The second kappa shape index (κ2) is 7.01. The van der Waals surface area contributed by atoms with Crippen LogP contribution in [0.25, 0.3) is 0 Å². The number of amides is 2. The van der Waals surface area contributed by atoms with E-state index in [4.69, 9.17) is 0 Å². The Morgan fingerprint density at radius 3 is 2.84 bits per heavy atom. The fourth-order valence-electron chi connectivity index (χ4n) is 2.66. The van der Waals surface area contributed by atoms with Crippen LogP contribution in [-0.4, -0.2) is 28.0 Å². The minimum absolute atomic E-state index is 0.0994. The Morgan fingerprint density at radius 2 is 2.16 bits per heavy atom. The van der Waals surface area contributed by atoms with Crippen LogP contribution < -0.4 is 16.2 Å².